The van der Waals surface area contributed by atoms with Crippen LogP contribution in [0.5, 0.6) is 0 Å². The van der Waals surface area contributed by atoms with E-state index < -0.39 is 6.04 Å². The lowest BCUT2D eigenvalue weighted by molar-refractivity contribution is -0.119. The second-order valence-electron chi connectivity index (χ2n) is 6.34. The maximum Gasteiger partial charge on any atom is 0.241 e. The quantitative estimate of drug-likeness (QED) is 0.876. The van der Waals surface area contributed by atoms with Crippen LogP contribution in [-0.2, 0) is 9.53 Å². The minimum Gasteiger partial charge on any atom is -0.378 e. The number of ether oxygens (including phenoxy) is 1. The number of nitrogens with two attached hydrogens (primary N) is 1. The fourth-order valence-electron chi connectivity index (χ4n) is 2.05. The Morgan fingerprint density at radius 2 is 2.05 bits per heavy atom. The molecule has 0 radical (unpaired) electrons. The van der Waals surface area contributed by atoms with Gasteiger partial charge in [0.15, 0.2) is 0 Å². The van der Waals surface area contributed by atoms with Crippen molar-refractivity contribution in [2.75, 3.05) is 36.5 Å². The highest BCUT2D eigenvalue weighted by Gasteiger charge is 2.27. The van der Waals surface area contributed by atoms with E-state index >= 15 is 0 Å². The molecule has 0 bridgehead atoms. The van der Waals surface area contributed by atoms with Crippen LogP contribution in [0.3, 0.4) is 0 Å². The van der Waals surface area contributed by atoms with E-state index in [1.807, 2.05) is 32.9 Å². The summed E-state index contributed by atoms with van der Waals surface area (Å²) in [5.41, 5.74) is 6.33. The maximum atomic E-state index is 12.1. The molecule has 0 aromatic carbocycles. The number of nitrogens with zero attached hydrogens (tertiary/aromatic N) is 2. The number of aromatic nitrogens is 1. The third-order valence-corrected chi connectivity index (χ3v) is 3.57. The van der Waals surface area contributed by atoms with Gasteiger partial charge in [0.2, 0.25) is 5.91 Å². The van der Waals surface area contributed by atoms with Gasteiger partial charge in [0.05, 0.1) is 31.1 Å². The number of hydrogen-bond donors (Lipinski definition) is 2. The van der Waals surface area contributed by atoms with Gasteiger partial charge in [0, 0.05) is 13.1 Å². The summed E-state index contributed by atoms with van der Waals surface area (Å²) in [5.74, 6) is 0.708. The molecule has 1 amide bonds. The Hall–Kier alpha value is -1.66. The van der Waals surface area contributed by atoms with Crippen LogP contribution >= 0.6 is 0 Å². The van der Waals surface area contributed by atoms with Gasteiger partial charge < -0.3 is 20.7 Å². The van der Waals surface area contributed by atoms with E-state index in [-0.39, 0.29) is 11.3 Å². The average molecular weight is 292 g/mol. The summed E-state index contributed by atoms with van der Waals surface area (Å²) in [5, 5.41) is 2.81. The van der Waals surface area contributed by atoms with E-state index in [4.69, 9.17) is 10.5 Å². The van der Waals surface area contributed by atoms with Crippen LogP contribution in [-0.4, -0.2) is 43.2 Å². The number of pyridine rings is 1. The zero-order valence-electron chi connectivity index (χ0n) is 12.9. The zero-order chi connectivity index (χ0) is 15.5. The fourth-order valence-corrected chi connectivity index (χ4v) is 2.05. The molecule has 1 atom stereocenters. The van der Waals surface area contributed by atoms with Crippen molar-refractivity contribution in [3.05, 3.63) is 18.3 Å². The second kappa shape index (κ2) is 6.41. The monoisotopic (exact) mass is 292 g/mol. The van der Waals surface area contributed by atoms with Crippen molar-refractivity contribution in [2.24, 2.45) is 11.1 Å². The number of rotatable bonds is 3. The lowest BCUT2D eigenvalue weighted by Gasteiger charge is -2.28. The van der Waals surface area contributed by atoms with E-state index in [0.29, 0.717) is 5.69 Å². The molecule has 1 fully saturated rings. The summed E-state index contributed by atoms with van der Waals surface area (Å²) in [7, 11) is 0. The molecule has 6 nitrogen and oxygen atoms in total. The van der Waals surface area contributed by atoms with Gasteiger partial charge in [-0.2, -0.15) is 0 Å². The van der Waals surface area contributed by atoms with Crippen molar-refractivity contribution in [1.82, 2.24) is 4.98 Å². The van der Waals surface area contributed by atoms with Crippen molar-refractivity contribution in [3.63, 3.8) is 0 Å². The highest BCUT2D eigenvalue weighted by molar-refractivity contribution is 5.95. The minimum atomic E-state index is -0.559. The number of carbonyl (C=O) groups is 1. The third kappa shape index (κ3) is 4.15. The SMILES string of the molecule is CC(C)(C)C(N)C(=O)Nc1ccc(N2CCOCC2)nc1. The number of amides is 1. The standard InChI is InChI=1S/C15H24N4O2/c1-15(2,3)13(16)14(20)18-11-4-5-12(17-10-11)19-6-8-21-9-7-19/h4-5,10,13H,6-9,16H2,1-3H3,(H,18,20). The van der Waals surface area contributed by atoms with E-state index in [2.05, 4.69) is 15.2 Å². The van der Waals surface area contributed by atoms with Crippen LogP contribution in [0.25, 0.3) is 0 Å². The molecule has 1 aliphatic heterocycles. The van der Waals surface area contributed by atoms with Crippen molar-refractivity contribution in [2.45, 2.75) is 26.8 Å². The third-order valence-electron chi connectivity index (χ3n) is 3.57. The van der Waals surface area contributed by atoms with E-state index in [1.165, 1.54) is 0 Å². The molecule has 6 heteroatoms. The Kier molecular flexibility index (Phi) is 4.80. The number of hydrogen-bond acceptors (Lipinski definition) is 5. The van der Waals surface area contributed by atoms with Gasteiger partial charge in [0.1, 0.15) is 5.82 Å². The van der Waals surface area contributed by atoms with Crippen LogP contribution in [0.2, 0.25) is 0 Å². The Morgan fingerprint density at radius 3 is 2.57 bits per heavy atom. The van der Waals surface area contributed by atoms with E-state index in [1.54, 1.807) is 6.20 Å². The van der Waals surface area contributed by atoms with Gasteiger partial charge in [-0.25, -0.2) is 4.98 Å². The minimum absolute atomic E-state index is 0.191. The van der Waals surface area contributed by atoms with Crippen LogP contribution in [0.15, 0.2) is 18.3 Å². The summed E-state index contributed by atoms with van der Waals surface area (Å²) < 4.78 is 5.32. The highest BCUT2D eigenvalue weighted by Crippen LogP contribution is 2.20. The molecule has 0 saturated carbocycles. The first-order valence-corrected chi connectivity index (χ1v) is 7.23. The number of anilines is 2. The number of morpholine rings is 1. The molecule has 3 N–H and O–H groups in total. The van der Waals surface area contributed by atoms with Crippen LogP contribution in [0.1, 0.15) is 20.8 Å². The number of carbonyl (C=O) groups excluding carboxylic acids is 1. The maximum absolute atomic E-state index is 12.1. The Morgan fingerprint density at radius 1 is 1.38 bits per heavy atom. The van der Waals surface area contributed by atoms with Crippen LogP contribution < -0.4 is 16.0 Å². The predicted octanol–water partition coefficient (Wildman–Crippen LogP) is 1.23. The normalized spacial score (nSPS) is 17.4. The molecule has 0 aliphatic carbocycles. The smallest absolute Gasteiger partial charge is 0.241 e. The predicted molar refractivity (Wildman–Crippen MR) is 83.3 cm³/mol. The molecule has 2 rings (SSSR count). The molecule has 2 heterocycles. The lowest BCUT2D eigenvalue weighted by atomic mass is 9.87. The molecule has 1 aromatic heterocycles. The molecule has 1 saturated heterocycles. The van der Waals surface area contributed by atoms with E-state index in [9.17, 15) is 4.79 Å². The van der Waals surface area contributed by atoms with Gasteiger partial charge in [-0.05, 0) is 17.5 Å². The van der Waals surface area contributed by atoms with Crippen molar-refractivity contribution < 1.29 is 9.53 Å². The topological polar surface area (TPSA) is 80.5 Å². The molecule has 21 heavy (non-hydrogen) atoms. The van der Waals surface area contributed by atoms with Crippen molar-refractivity contribution in [3.8, 4) is 0 Å². The van der Waals surface area contributed by atoms with Crippen molar-refractivity contribution in [1.29, 1.82) is 0 Å². The summed E-state index contributed by atoms with van der Waals surface area (Å²) >= 11 is 0. The van der Waals surface area contributed by atoms with Crippen LogP contribution in [0.4, 0.5) is 11.5 Å². The van der Waals surface area contributed by atoms with Crippen LogP contribution in [0, 0.1) is 5.41 Å². The Bertz CT molecular complexity index is 475. The average Bonchev–Trinajstić information content (AvgIpc) is 2.47. The molecule has 0 spiro atoms. The summed E-state index contributed by atoms with van der Waals surface area (Å²) in [6.45, 7) is 8.95. The lowest BCUT2D eigenvalue weighted by Crippen LogP contribution is -2.45. The Labute approximate surface area is 125 Å². The molecular formula is C15H24N4O2. The second-order valence-corrected chi connectivity index (χ2v) is 6.34. The van der Waals surface area contributed by atoms with Gasteiger partial charge >= 0.3 is 0 Å². The van der Waals surface area contributed by atoms with Gasteiger partial charge in [-0.1, -0.05) is 20.8 Å². The van der Waals surface area contributed by atoms with Crippen molar-refractivity contribution >= 4 is 17.4 Å². The first-order valence-electron chi connectivity index (χ1n) is 7.23. The molecule has 116 valence electrons. The summed E-state index contributed by atoms with van der Waals surface area (Å²) in [6.07, 6.45) is 1.66. The number of nitrogens with one attached hydrogen (secondary N) is 1. The summed E-state index contributed by atoms with van der Waals surface area (Å²) in [4.78, 5) is 18.6. The fraction of sp³-hybridized carbons (Fsp3) is 0.600. The van der Waals surface area contributed by atoms with E-state index in [0.717, 1.165) is 32.1 Å². The highest BCUT2D eigenvalue weighted by atomic mass is 16.5. The molecule has 1 unspecified atom stereocenters. The molecular weight excluding hydrogens is 268 g/mol. The molecule has 1 aromatic rings. The Balaban J connectivity index is 1.97. The largest absolute Gasteiger partial charge is 0.378 e. The molecule has 1 aliphatic rings. The van der Waals surface area contributed by atoms with Gasteiger partial charge in [0.25, 0.3) is 0 Å². The first kappa shape index (κ1) is 15.7. The summed E-state index contributed by atoms with van der Waals surface area (Å²) in [6, 6.07) is 3.20. The first-order chi connectivity index (χ1) is 9.88. The zero-order valence-corrected chi connectivity index (χ0v) is 12.9. The van der Waals surface area contributed by atoms with Gasteiger partial charge in [-0.15, -0.1) is 0 Å². The van der Waals surface area contributed by atoms with Gasteiger partial charge in [-0.3, -0.25) is 4.79 Å².